The lowest BCUT2D eigenvalue weighted by Crippen LogP contribution is -2.23. The van der Waals surface area contributed by atoms with Gasteiger partial charge in [0.1, 0.15) is 4.90 Å². The van der Waals surface area contributed by atoms with E-state index in [-0.39, 0.29) is 32.7 Å². The minimum Gasteiger partial charge on any atom is -0.341 e. The van der Waals surface area contributed by atoms with Gasteiger partial charge in [-0.15, -0.1) is 6.42 Å². The average molecular weight is 383 g/mol. The van der Waals surface area contributed by atoms with Crippen LogP contribution in [0.4, 0.5) is 5.69 Å². The standard InChI is InChI=1S/C16H12Cl2N2O3S/c1-2-8-19-16(21)11-4-3-5-13(9-11)20-24(22,23)15-10-12(17)6-7-14(15)18/h1,3-7,9-10,20H,8H2,(H,19,21). The molecule has 2 aromatic rings. The number of halogens is 2. The maximum absolute atomic E-state index is 12.4. The molecule has 0 aromatic heterocycles. The summed E-state index contributed by atoms with van der Waals surface area (Å²) in [5.41, 5.74) is 0.474. The average Bonchev–Trinajstić information content (AvgIpc) is 2.54. The normalized spacial score (nSPS) is 10.7. The van der Waals surface area contributed by atoms with E-state index < -0.39 is 15.9 Å². The van der Waals surface area contributed by atoms with Crippen molar-refractivity contribution in [2.75, 3.05) is 11.3 Å². The fourth-order valence-corrected chi connectivity index (χ4v) is 3.66. The minimum atomic E-state index is -3.96. The summed E-state index contributed by atoms with van der Waals surface area (Å²) in [6.07, 6.45) is 5.08. The zero-order valence-electron chi connectivity index (χ0n) is 12.2. The fourth-order valence-electron chi connectivity index (χ4n) is 1.85. The van der Waals surface area contributed by atoms with Crippen molar-refractivity contribution < 1.29 is 13.2 Å². The van der Waals surface area contributed by atoms with Crippen LogP contribution in [-0.2, 0) is 10.0 Å². The molecule has 0 aliphatic rings. The molecule has 1 amide bonds. The molecule has 0 aliphatic heterocycles. The lowest BCUT2D eigenvalue weighted by atomic mass is 10.2. The number of anilines is 1. The van der Waals surface area contributed by atoms with Crippen LogP contribution in [-0.4, -0.2) is 20.9 Å². The zero-order chi connectivity index (χ0) is 17.7. The number of hydrogen-bond donors (Lipinski definition) is 2. The minimum absolute atomic E-state index is 0.0369. The van der Waals surface area contributed by atoms with E-state index in [1.54, 1.807) is 6.07 Å². The molecule has 0 spiro atoms. The van der Waals surface area contributed by atoms with Gasteiger partial charge in [0.25, 0.3) is 15.9 Å². The Morgan fingerprint density at radius 2 is 1.92 bits per heavy atom. The lowest BCUT2D eigenvalue weighted by molar-refractivity contribution is 0.0958. The molecule has 0 saturated heterocycles. The number of nitrogens with one attached hydrogen (secondary N) is 2. The Morgan fingerprint density at radius 3 is 2.62 bits per heavy atom. The molecule has 24 heavy (non-hydrogen) atoms. The maximum Gasteiger partial charge on any atom is 0.263 e. The number of rotatable bonds is 5. The van der Waals surface area contributed by atoms with Crippen molar-refractivity contribution >= 4 is 44.8 Å². The van der Waals surface area contributed by atoms with Gasteiger partial charge in [-0.1, -0.05) is 35.2 Å². The number of hydrogen-bond acceptors (Lipinski definition) is 3. The van der Waals surface area contributed by atoms with Gasteiger partial charge < -0.3 is 5.32 Å². The van der Waals surface area contributed by atoms with E-state index in [4.69, 9.17) is 29.6 Å². The first-order chi connectivity index (χ1) is 11.3. The highest BCUT2D eigenvalue weighted by molar-refractivity contribution is 7.92. The Kier molecular flexibility index (Phi) is 5.73. The number of terminal acetylenes is 1. The molecule has 0 radical (unpaired) electrons. The molecule has 0 fully saturated rings. The highest BCUT2D eigenvalue weighted by atomic mass is 35.5. The van der Waals surface area contributed by atoms with Gasteiger partial charge >= 0.3 is 0 Å². The number of sulfonamides is 1. The number of benzene rings is 2. The van der Waals surface area contributed by atoms with Gasteiger partial charge in [0.05, 0.1) is 11.6 Å². The van der Waals surface area contributed by atoms with E-state index in [9.17, 15) is 13.2 Å². The molecule has 0 unspecified atom stereocenters. The quantitative estimate of drug-likeness (QED) is 0.779. The first-order valence-electron chi connectivity index (χ1n) is 6.63. The highest BCUT2D eigenvalue weighted by Crippen LogP contribution is 2.27. The maximum atomic E-state index is 12.4. The first kappa shape index (κ1) is 18.1. The molecule has 8 heteroatoms. The first-order valence-corrected chi connectivity index (χ1v) is 8.87. The summed E-state index contributed by atoms with van der Waals surface area (Å²) < 4.78 is 27.3. The summed E-state index contributed by atoms with van der Waals surface area (Å²) in [6, 6.07) is 10.1. The summed E-state index contributed by atoms with van der Waals surface area (Å²) in [5.74, 6) is 1.88. The monoisotopic (exact) mass is 382 g/mol. The van der Waals surface area contributed by atoms with Crippen LogP contribution in [0.1, 0.15) is 10.4 Å². The van der Waals surface area contributed by atoms with E-state index >= 15 is 0 Å². The molecular weight excluding hydrogens is 371 g/mol. The predicted octanol–water partition coefficient (Wildman–Crippen LogP) is 3.16. The summed E-state index contributed by atoms with van der Waals surface area (Å²) in [7, 11) is -3.96. The molecule has 2 aromatic carbocycles. The Hall–Kier alpha value is -2.20. The van der Waals surface area contributed by atoms with Crippen LogP contribution in [0.2, 0.25) is 10.0 Å². The molecule has 2 rings (SSSR count). The topological polar surface area (TPSA) is 75.3 Å². The van der Waals surface area contributed by atoms with E-state index in [1.807, 2.05) is 0 Å². The molecule has 0 heterocycles. The van der Waals surface area contributed by atoms with Crippen LogP contribution in [0.25, 0.3) is 0 Å². The number of amides is 1. The second-order valence-electron chi connectivity index (χ2n) is 4.65. The van der Waals surface area contributed by atoms with Crippen molar-refractivity contribution in [1.82, 2.24) is 5.32 Å². The van der Waals surface area contributed by atoms with Crippen LogP contribution < -0.4 is 10.0 Å². The molecule has 5 nitrogen and oxygen atoms in total. The number of carbonyl (C=O) groups is 1. The van der Waals surface area contributed by atoms with Gasteiger partial charge in [-0.2, -0.15) is 0 Å². The van der Waals surface area contributed by atoms with Gasteiger partial charge in [-0.05, 0) is 36.4 Å². The summed E-state index contributed by atoms with van der Waals surface area (Å²) in [4.78, 5) is 11.7. The van der Waals surface area contributed by atoms with Crippen LogP contribution in [0.5, 0.6) is 0 Å². The summed E-state index contributed by atoms with van der Waals surface area (Å²) >= 11 is 11.7. The largest absolute Gasteiger partial charge is 0.341 e. The second-order valence-corrected chi connectivity index (χ2v) is 7.14. The highest BCUT2D eigenvalue weighted by Gasteiger charge is 2.19. The van der Waals surface area contributed by atoms with E-state index in [0.717, 1.165) is 0 Å². The van der Waals surface area contributed by atoms with Crippen LogP contribution in [0.15, 0.2) is 47.4 Å². The molecule has 0 saturated carbocycles. The molecule has 0 atom stereocenters. The SMILES string of the molecule is C#CCNC(=O)c1cccc(NS(=O)(=O)c2cc(Cl)ccc2Cl)c1. The summed E-state index contributed by atoms with van der Waals surface area (Å²) in [5, 5.41) is 2.77. The van der Waals surface area contributed by atoms with E-state index in [1.165, 1.54) is 36.4 Å². The van der Waals surface area contributed by atoms with Gasteiger partial charge in [-0.3, -0.25) is 9.52 Å². The smallest absolute Gasteiger partial charge is 0.263 e. The number of carbonyl (C=O) groups excluding carboxylic acids is 1. The Labute approximate surface area is 150 Å². The fraction of sp³-hybridized carbons (Fsp3) is 0.0625. The molecule has 2 N–H and O–H groups in total. The Bertz CT molecular complexity index is 921. The van der Waals surface area contributed by atoms with Crippen molar-refractivity contribution in [3.8, 4) is 12.3 Å². The van der Waals surface area contributed by atoms with Crippen LogP contribution >= 0.6 is 23.2 Å². The van der Waals surface area contributed by atoms with Gasteiger partial charge in [0.15, 0.2) is 0 Å². The Balaban J connectivity index is 2.29. The van der Waals surface area contributed by atoms with Crippen molar-refractivity contribution in [2.24, 2.45) is 0 Å². The van der Waals surface area contributed by atoms with Crippen molar-refractivity contribution in [3.05, 3.63) is 58.1 Å². The molecule has 124 valence electrons. The van der Waals surface area contributed by atoms with Crippen molar-refractivity contribution in [1.29, 1.82) is 0 Å². The van der Waals surface area contributed by atoms with Crippen LogP contribution in [0.3, 0.4) is 0 Å². The third kappa shape index (κ3) is 4.42. The van der Waals surface area contributed by atoms with Crippen molar-refractivity contribution in [2.45, 2.75) is 4.90 Å². The van der Waals surface area contributed by atoms with Crippen LogP contribution in [0, 0.1) is 12.3 Å². The van der Waals surface area contributed by atoms with Gasteiger partial charge in [0.2, 0.25) is 0 Å². The summed E-state index contributed by atoms with van der Waals surface area (Å²) in [6.45, 7) is 0.0763. The van der Waals surface area contributed by atoms with Crippen molar-refractivity contribution in [3.63, 3.8) is 0 Å². The van der Waals surface area contributed by atoms with Gasteiger partial charge in [0, 0.05) is 16.3 Å². The van der Waals surface area contributed by atoms with Gasteiger partial charge in [-0.25, -0.2) is 8.42 Å². The molecule has 0 bridgehead atoms. The lowest BCUT2D eigenvalue weighted by Gasteiger charge is -2.11. The molecular formula is C16H12Cl2N2O3S. The Morgan fingerprint density at radius 1 is 1.17 bits per heavy atom. The predicted molar refractivity (Wildman–Crippen MR) is 94.9 cm³/mol. The second kappa shape index (κ2) is 7.58. The third-order valence-electron chi connectivity index (χ3n) is 2.91. The zero-order valence-corrected chi connectivity index (χ0v) is 14.5. The van der Waals surface area contributed by atoms with E-state index in [2.05, 4.69) is 16.0 Å². The third-order valence-corrected chi connectivity index (χ3v) is 5.01. The molecule has 0 aliphatic carbocycles. The van der Waals surface area contributed by atoms with E-state index in [0.29, 0.717) is 0 Å².